The molecule has 22 heavy (non-hydrogen) atoms. The summed E-state index contributed by atoms with van der Waals surface area (Å²) >= 11 is 0. The average molecular weight is 308 g/mol. The van der Waals surface area contributed by atoms with E-state index in [1.54, 1.807) is 32.4 Å². The molecule has 1 fully saturated rings. The summed E-state index contributed by atoms with van der Waals surface area (Å²) in [4.78, 5) is 16.8. The number of carbonyl (C=O) groups is 1. The lowest BCUT2D eigenvalue weighted by atomic mass is 10.1. The molecule has 1 aliphatic rings. The van der Waals surface area contributed by atoms with Gasteiger partial charge in [0.05, 0.1) is 39.0 Å². The van der Waals surface area contributed by atoms with Crippen LogP contribution in [0.15, 0.2) is 18.2 Å². The quantitative estimate of drug-likeness (QED) is 0.815. The zero-order valence-electron chi connectivity index (χ0n) is 13.7. The van der Waals surface area contributed by atoms with Gasteiger partial charge >= 0.3 is 0 Å². The molecule has 1 aromatic carbocycles. The molecule has 1 atom stereocenters. The van der Waals surface area contributed by atoms with Gasteiger partial charge in [-0.15, -0.1) is 0 Å². The Balaban J connectivity index is 2.25. The molecule has 0 radical (unpaired) electrons. The lowest BCUT2D eigenvalue weighted by Gasteiger charge is -2.37. The molecule has 0 N–H and O–H groups in total. The Kier molecular flexibility index (Phi) is 5.63. The molecule has 0 unspecified atom stereocenters. The van der Waals surface area contributed by atoms with Crippen LogP contribution in [-0.4, -0.2) is 76.4 Å². The summed E-state index contributed by atoms with van der Waals surface area (Å²) in [6.45, 7) is 2.48. The molecule has 0 saturated carbocycles. The van der Waals surface area contributed by atoms with Crippen LogP contribution in [0.4, 0.5) is 0 Å². The molecular weight excluding hydrogens is 284 g/mol. The lowest BCUT2D eigenvalue weighted by molar-refractivity contribution is -0.00843. The zero-order chi connectivity index (χ0) is 16.1. The molecule has 1 heterocycles. The number of ether oxygens (including phenoxy) is 3. The second-order valence-electron chi connectivity index (χ2n) is 5.56. The molecule has 0 aromatic heterocycles. The first-order valence-corrected chi connectivity index (χ1v) is 7.32. The summed E-state index contributed by atoms with van der Waals surface area (Å²) < 4.78 is 16.0. The number of carbonyl (C=O) groups excluding carboxylic acids is 1. The van der Waals surface area contributed by atoms with E-state index in [4.69, 9.17) is 14.2 Å². The van der Waals surface area contributed by atoms with Crippen LogP contribution in [0.25, 0.3) is 0 Å². The van der Waals surface area contributed by atoms with Crippen molar-refractivity contribution in [3.63, 3.8) is 0 Å². The van der Waals surface area contributed by atoms with Crippen LogP contribution >= 0.6 is 0 Å². The number of hydrogen-bond donors (Lipinski definition) is 0. The van der Waals surface area contributed by atoms with E-state index in [1.807, 2.05) is 19.0 Å². The molecule has 6 heteroatoms. The summed E-state index contributed by atoms with van der Waals surface area (Å²) in [6.07, 6.45) is 0. The van der Waals surface area contributed by atoms with E-state index in [0.29, 0.717) is 36.8 Å². The van der Waals surface area contributed by atoms with Crippen LogP contribution in [-0.2, 0) is 4.74 Å². The van der Waals surface area contributed by atoms with Crippen molar-refractivity contribution in [2.75, 3.05) is 54.6 Å². The maximum absolute atomic E-state index is 12.9. The van der Waals surface area contributed by atoms with Crippen molar-refractivity contribution >= 4 is 5.91 Å². The van der Waals surface area contributed by atoms with Gasteiger partial charge in [-0.2, -0.15) is 0 Å². The third-order valence-electron chi connectivity index (χ3n) is 3.70. The molecule has 1 amide bonds. The fourth-order valence-corrected chi connectivity index (χ4v) is 2.62. The predicted octanol–water partition coefficient (Wildman–Crippen LogP) is 1.11. The van der Waals surface area contributed by atoms with E-state index in [-0.39, 0.29) is 11.9 Å². The van der Waals surface area contributed by atoms with Gasteiger partial charge in [0.1, 0.15) is 11.5 Å². The summed E-state index contributed by atoms with van der Waals surface area (Å²) in [6, 6.07) is 5.30. The van der Waals surface area contributed by atoms with Gasteiger partial charge in [0.25, 0.3) is 5.91 Å². The van der Waals surface area contributed by atoms with Crippen LogP contribution in [0.2, 0.25) is 0 Å². The van der Waals surface area contributed by atoms with Gasteiger partial charge in [0, 0.05) is 19.2 Å². The number of methoxy groups -OCH3 is 2. The predicted molar refractivity (Wildman–Crippen MR) is 83.7 cm³/mol. The van der Waals surface area contributed by atoms with Crippen LogP contribution in [0, 0.1) is 0 Å². The van der Waals surface area contributed by atoms with Crippen molar-refractivity contribution < 1.29 is 19.0 Å². The average Bonchev–Trinajstić information content (AvgIpc) is 2.53. The van der Waals surface area contributed by atoms with E-state index >= 15 is 0 Å². The molecule has 0 spiro atoms. The van der Waals surface area contributed by atoms with E-state index < -0.39 is 0 Å². The van der Waals surface area contributed by atoms with Crippen molar-refractivity contribution in [1.29, 1.82) is 0 Å². The first-order chi connectivity index (χ1) is 10.6. The van der Waals surface area contributed by atoms with Crippen LogP contribution in [0.3, 0.4) is 0 Å². The normalized spacial score (nSPS) is 18.4. The van der Waals surface area contributed by atoms with Crippen molar-refractivity contribution in [1.82, 2.24) is 9.80 Å². The minimum absolute atomic E-state index is 0.0327. The highest BCUT2D eigenvalue weighted by Gasteiger charge is 2.30. The number of benzene rings is 1. The van der Waals surface area contributed by atoms with Gasteiger partial charge in [0.2, 0.25) is 0 Å². The van der Waals surface area contributed by atoms with Crippen LogP contribution in [0.5, 0.6) is 11.5 Å². The highest BCUT2D eigenvalue weighted by molar-refractivity contribution is 5.97. The highest BCUT2D eigenvalue weighted by Crippen LogP contribution is 2.26. The Morgan fingerprint density at radius 1 is 1.36 bits per heavy atom. The van der Waals surface area contributed by atoms with Gasteiger partial charge < -0.3 is 24.0 Å². The fraction of sp³-hybridized carbons (Fsp3) is 0.562. The fourth-order valence-electron chi connectivity index (χ4n) is 2.62. The van der Waals surface area contributed by atoms with Gasteiger partial charge in [-0.05, 0) is 26.2 Å². The van der Waals surface area contributed by atoms with Crippen molar-refractivity contribution in [3.05, 3.63) is 23.8 Å². The molecule has 1 aliphatic heterocycles. The Labute approximate surface area is 131 Å². The number of likely N-dealkylation sites (N-methyl/N-ethyl adjacent to an activating group) is 1. The Morgan fingerprint density at radius 3 is 2.77 bits per heavy atom. The Hall–Kier alpha value is -1.79. The number of amides is 1. The van der Waals surface area contributed by atoms with E-state index in [1.165, 1.54) is 0 Å². The maximum atomic E-state index is 12.9. The molecular formula is C16H24N2O4. The lowest BCUT2D eigenvalue weighted by Crippen LogP contribution is -2.52. The zero-order valence-corrected chi connectivity index (χ0v) is 13.7. The second kappa shape index (κ2) is 7.47. The van der Waals surface area contributed by atoms with E-state index in [0.717, 1.165) is 6.54 Å². The second-order valence-corrected chi connectivity index (χ2v) is 5.56. The molecule has 122 valence electrons. The number of hydrogen-bond acceptors (Lipinski definition) is 5. The minimum Gasteiger partial charge on any atom is -0.497 e. The highest BCUT2D eigenvalue weighted by atomic mass is 16.5. The van der Waals surface area contributed by atoms with Gasteiger partial charge in [0.15, 0.2) is 0 Å². The maximum Gasteiger partial charge on any atom is 0.258 e. The summed E-state index contributed by atoms with van der Waals surface area (Å²) in [5, 5.41) is 0. The molecule has 0 aliphatic carbocycles. The molecule has 1 aromatic rings. The van der Waals surface area contributed by atoms with Gasteiger partial charge in [-0.3, -0.25) is 4.79 Å². The van der Waals surface area contributed by atoms with Gasteiger partial charge in [-0.1, -0.05) is 0 Å². The largest absolute Gasteiger partial charge is 0.497 e. The van der Waals surface area contributed by atoms with E-state index in [2.05, 4.69) is 4.90 Å². The van der Waals surface area contributed by atoms with Crippen molar-refractivity contribution in [3.8, 4) is 11.5 Å². The third-order valence-corrected chi connectivity index (χ3v) is 3.70. The van der Waals surface area contributed by atoms with Crippen molar-refractivity contribution in [2.45, 2.75) is 6.04 Å². The third kappa shape index (κ3) is 3.69. The Morgan fingerprint density at radius 2 is 2.14 bits per heavy atom. The first kappa shape index (κ1) is 16.6. The number of rotatable bonds is 5. The Bertz CT molecular complexity index is 519. The smallest absolute Gasteiger partial charge is 0.258 e. The molecule has 2 rings (SSSR count). The molecule has 1 saturated heterocycles. The molecule has 0 bridgehead atoms. The summed E-state index contributed by atoms with van der Waals surface area (Å²) in [7, 11) is 7.13. The summed E-state index contributed by atoms with van der Waals surface area (Å²) in [5.41, 5.74) is 0.550. The van der Waals surface area contributed by atoms with Crippen LogP contribution in [0.1, 0.15) is 10.4 Å². The van der Waals surface area contributed by atoms with Crippen molar-refractivity contribution in [2.24, 2.45) is 0 Å². The number of morpholine rings is 1. The standard InChI is InChI=1S/C16H24N2O4/c1-17(2)10-12-11-22-8-7-18(12)16(19)14-6-5-13(20-3)9-15(14)21-4/h5-6,9,12H,7-8,10-11H2,1-4H3/t12-/m1/s1. The number of nitrogens with zero attached hydrogens (tertiary/aromatic N) is 2. The summed E-state index contributed by atoms with van der Waals surface area (Å²) in [5.74, 6) is 1.16. The van der Waals surface area contributed by atoms with Gasteiger partial charge in [-0.25, -0.2) is 0 Å². The topological polar surface area (TPSA) is 51.2 Å². The molecule has 6 nitrogen and oxygen atoms in total. The monoisotopic (exact) mass is 308 g/mol. The van der Waals surface area contributed by atoms with E-state index in [9.17, 15) is 4.79 Å². The van der Waals surface area contributed by atoms with Crippen LogP contribution < -0.4 is 9.47 Å². The minimum atomic E-state index is -0.0327. The first-order valence-electron chi connectivity index (χ1n) is 7.32. The SMILES string of the molecule is COc1ccc(C(=O)N2CCOC[C@H]2CN(C)C)c(OC)c1.